The number of aromatic amines is 1. The zero-order valence-corrected chi connectivity index (χ0v) is 15.5. The van der Waals surface area contributed by atoms with E-state index in [9.17, 15) is 9.59 Å². The first kappa shape index (κ1) is 18.8. The van der Waals surface area contributed by atoms with Gasteiger partial charge >= 0.3 is 5.97 Å². The van der Waals surface area contributed by atoms with Crippen molar-refractivity contribution >= 4 is 34.4 Å². The van der Waals surface area contributed by atoms with Crippen LogP contribution in [0.25, 0.3) is 10.9 Å². The molecule has 2 aromatic carbocycles. The number of ether oxygens (including phenoxy) is 2. The van der Waals surface area contributed by atoms with E-state index >= 15 is 0 Å². The summed E-state index contributed by atoms with van der Waals surface area (Å²) in [5.41, 5.74) is 1.87. The van der Waals surface area contributed by atoms with E-state index in [1.165, 1.54) is 7.11 Å². The van der Waals surface area contributed by atoms with Crippen LogP contribution in [0.5, 0.6) is 5.75 Å². The molecule has 3 rings (SSSR count). The highest BCUT2D eigenvalue weighted by molar-refractivity contribution is 6.32. The lowest BCUT2D eigenvalue weighted by atomic mass is 10.0. The van der Waals surface area contributed by atoms with Gasteiger partial charge in [0, 0.05) is 23.5 Å². The minimum atomic E-state index is -0.823. The van der Waals surface area contributed by atoms with Crippen LogP contribution >= 0.6 is 11.6 Å². The van der Waals surface area contributed by atoms with Crippen LogP contribution in [-0.2, 0) is 20.7 Å². The van der Waals surface area contributed by atoms with Crippen molar-refractivity contribution in [3.05, 3.63) is 65.3 Å². The second-order valence-corrected chi connectivity index (χ2v) is 6.33. The molecule has 0 fully saturated rings. The third kappa shape index (κ3) is 4.60. The monoisotopic (exact) mass is 386 g/mol. The number of aromatic nitrogens is 1. The average molecular weight is 387 g/mol. The Labute approximate surface area is 161 Å². The molecule has 0 aliphatic heterocycles. The molecule has 27 heavy (non-hydrogen) atoms. The lowest BCUT2D eigenvalue weighted by Crippen LogP contribution is -2.44. The molecule has 2 N–H and O–H groups in total. The van der Waals surface area contributed by atoms with Crippen molar-refractivity contribution in [2.24, 2.45) is 0 Å². The number of methoxy groups -OCH3 is 1. The average Bonchev–Trinajstić information content (AvgIpc) is 3.09. The molecule has 1 amide bonds. The van der Waals surface area contributed by atoms with Gasteiger partial charge in [-0.1, -0.05) is 41.9 Å². The second kappa shape index (κ2) is 8.60. The summed E-state index contributed by atoms with van der Waals surface area (Å²) >= 11 is 6.00. The van der Waals surface area contributed by atoms with Crippen LogP contribution in [0.1, 0.15) is 5.56 Å². The summed E-state index contributed by atoms with van der Waals surface area (Å²) in [6.07, 6.45) is 2.13. The number of carbonyl (C=O) groups is 2. The summed E-state index contributed by atoms with van der Waals surface area (Å²) in [5.74, 6) is -0.558. The number of benzene rings is 2. The first-order valence-electron chi connectivity index (χ1n) is 8.38. The van der Waals surface area contributed by atoms with Gasteiger partial charge in [0.05, 0.1) is 12.1 Å². The van der Waals surface area contributed by atoms with Crippen LogP contribution in [0.3, 0.4) is 0 Å². The van der Waals surface area contributed by atoms with Gasteiger partial charge in [-0.2, -0.15) is 0 Å². The molecule has 0 saturated carbocycles. The Balaban J connectivity index is 1.67. The standard InChI is InChI=1S/C20H19ClN2O4/c1-26-20(25)17(10-13-11-22-16-8-4-2-6-14(13)16)23-19(24)12-27-18-9-5-3-7-15(18)21/h2-9,11,17,22H,10,12H2,1H3,(H,23,24)/t17-/m1/s1. The smallest absolute Gasteiger partial charge is 0.328 e. The third-order valence-corrected chi connectivity index (χ3v) is 4.43. The second-order valence-electron chi connectivity index (χ2n) is 5.93. The molecular weight excluding hydrogens is 368 g/mol. The van der Waals surface area contributed by atoms with Crippen LogP contribution < -0.4 is 10.1 Å². The van der Waals surface area contributed by atoms with Crippen molar-refractivity contribution in [3.63, 3.8) is 0 Å². The highest BCUT2D eigenvalue weighted by atomic mass is 35.5. The molecule has 1 heterocycles. The highest BCUT2D eigenvalue weighted by Gasteiger charge is 2.23. The maximum atomic E-state index is 12.3. The molecule has 140 valence electrons. The molecule has 0 saturated heterocycles. The number of amides is 1. The molecule has 1 atom stereocenters. The van der Waals surface area contributed by atoms with E-state index in [0.29, 0.717) is 17.2 Å². The van der Waals surface area contributed by atoms with Crippen LogP contribution in [0.4, 0.5) is 0 Å². The molecular formula is C20H19ClN2O4. The fourth-order valence-electron chi connectivity index (χ4n) is 2.80. The molecule has 0 unspecified atom stereocenters. The summed E-state index contributed by atoms with van der Waals surface area (Å²) in [4.78, 5) is 27.5. The summed E-state index contributed by atoms with van der Waals surface area (Å²) in [7, 11) is 1.29. The van der Waals surface area contributed by atoms with E-state index < -0.39 is 17.9 Å². The van der Waals surface area contributed by atoms with E-state index in [0.717, 1.165) is 16.5 Å². The van der Waals surface area contributed by atoms with Gasteiger partial charge in [-0.3, -0.25) is 4.79 Å². The van der Waals surface area contributed by atoms with E-state index in [1.54, 1.807) is 24.3 Å². The zero-order chi connectivity index (χ0) is 19.2. The number of rotatable bonds is 7. The van der Waals surface area contributed by atoms with Crippen LogP contribution in [0.15, 0.2) is 54.7 Å². The highest BCUT2D eigenvalue weighted by Crippen LogP contribution is 2.23. The van der Waals surface area contributed by atoms with Crippen LogP contribution in [0.2, 0.25) is 5.02 Å². The number of halogens is 1. The Morgan fingerprint density at radius 2 is 1.89 bits per heavy atom. The molecule has 0 aliphatic rings. The minimum absolute atomic E-state index is 0.259. The molecule has 0 spiro atoms. The zero-order valence-electron chi connectivity index (χ0n) is 14.7. The van der Waals surface area contributed by atoms with Crippen molar-refractivity contribution in [1.82, 2.24) is 10.3 Å². The molecule has 6 nitrogen and oxygen atoms in total. The maximum absolute atomic E-state index is 12.3. The van der Waals surface area contributed by atoms with Gasteiger partial charge in [0.15, 0.2) is 6.61 Å². The van der Waals surface area contributed by atoms with Crippen molar-refractivity contribution in [2.45, 2.75) is 12.5 Å². The number of H-pyrrole nitrogens is 1. The molecule has 0 radical (unpaired) electrons. The van der Waals surface area contributed by atoms with Crippen molar-refractivity contribution in [3.8, 4) is 5.75 Å². The Kier molecular flexibility index (Phi) is 5.98. The Morgan fingerprint density at radius 1 is 1.15 bits per heavy atom. The number of para-hydroxylation sites is 2. The molecule has 0 aliphatic carbocycles. The lowest BCUT2D eigenvalue weighted by Gasteiger charge is -2.16. The van der Waals surface area contributed by atoms with Gasteiger partial charge in [0.1, 0.15) is 11.8 Å². The number of carbonyl (C=O) groups excluding carboxylic acids is 2. The van der Waals surface area contributed by atoms with Crippen molar-refractivity contribution < 1.29 is 19.1 Å². The number of hydrogen-bond donors (Lipinski definition) is 2. The van der Waals surface area contributed by atoms with Crippen LogP contribution in [0, 0.1) is 0 Å². The SMILES string of the molecule is COC(=O)[C@@H](Cc1c[nH]c2ccccc12)NC(=O)COc1ccccc1Cl. The normalized spacial score (nSPS) is 11.8. The number of fused-ring (bicyclic) bond motifs is 1. The van der Waals surface area contributed by atoms with Crippen molar-refractivity contribution in [1.29, 1.82) is 0 Å². The summed E-state index contributed by atoms with van der Waals surface area (Å²) < 4.78 is 10.2. The first-order chi connectivity index (χ1) is 13.1. The minimum Gasteiger partial charge on any atom is -0.482 e. The van der Waals surface area contributed by atoms with Crippen LogP contribution in [-0.4, -0.2) is 36.6 Å². The van der Waals surface area contributed by atoms with E-state index in [-0.39, 0.29) is 6.61 Å². The third-order valence-electron chi connectivity index (χ3n) is 4.12. The lowest BCUT2D eigenvalue weighted by molar-refractivity contribution is -0.145. The Morgan fingerprint density at radius 3 is 2.67 bits per heavy atom. The first-order valence-corrected chi connectivity index (χ1v) is 8.76. The largest absolute Gasteiger partial charge is 0.482 e. The molecule has 7 heteroatoms. The number of hydrogen-bond acceptors (Lipinski definition) is 4. The predicted molar refractivity (Wildman–Crippen MR) is 103 cm³/mol. The Hall–Kier alpha value is -2.99. The molecule has 3 aromatic rings. The Bertz CT molecular complexity index is 954. The van der Waals surface area contributed by atoms with Gasteiger partial charge < -0.3 is 19.8 Å². The summed E-state index contributed by atoms with van der Waals surface area (Å²) in [6.45, 7) is -0.259. The molecule has 0 bridgehead atoms. The molecule has 1 aromatic heterocycles. The fourth-order valence-corrected chi connectivity index (χ4v) is 2.99. The maximum Gasteiger partial charge on any atom is 0.328 e. The topological polar surface area (TPSA) is 80.4 Å². The van der Waals surface area contributed by atoms with Gasteiger partial charge in [-0.15, -0.1) is 0 Å². The summed E-state index contributed by atoms with van der Waals surface area (Å²) in [5, 5.41) is 4.07. The van der Waals surface area contributed by atoms with Crippen molar-refractivity contribution in [2.75, 3.05) is 13.7 Å². The van der Waals surface area contributed by atoms with Gasteiger partial charge in [0.2, 0.25) is 0 Å². The van der Waals surface area contributed by atoms with E-state index in [2.05, 4.69) is 10.3 Å². The van der Waals surface area contributed by atoms with Gasteiger partial charge in [-0.25, -0.2) is 4.79 Å². The number of nitrogens with one attached hydrogen (secondary N) is 2. The van der Waals surface area contributed by atoms with E-state index in [4.69, 9.17) is 21.1 Å². The summed E-state index contributed by atoms with van der Waals surface area (Å²) in [6, 6.07) is 13.8. The van der Waals surface area contributed by atoms with Gasteiger partial charge in [0.25, 0.3) is 5.91 Å². The predicted octanol–water partition coefficient (Wildman–Crippen LogP) is 3.10. The fraction of sp³-hybridized carbons (Fsp3) is 0.200. The van der Waals surface area contributed by atoms with Gasteiger partial charge in [-0.05, 0) is 23.8 Å². The quantitative estimate of drug-likeness (QED) is 0.611. The van der Waals surface area contributed by atoms with E-state index in [1.807, 2.05) is 30.5 Å². The number of esters is 1.